The minimum absolute atomic E-state index is 0.165. The van der Waals surface area contributed by atoms with Crippen LogP contribution in [0.1, 0.15) is 38.5 Å². The lowest BCUT2D eigenvalue weighted by Gasteiger charge is -2.56. The molecule has 0 atom stereocenters. The van der Waals surface area contributed by atoms with Gasteiger partial charge >= 0.3 is 0 Å². The Bertz CT molecular complexity index is 696. The standard InChI is InChI=1S/C22H24N2O/c25-21(22-13-16-10-17(14-22)12-18(11-16)15-22)24(19-6-2-1-3-7-19)20-8-4-5-9-23-20/h1-9,16-18H,10-15H2. The van der Waals surface area contributed by atoms with Crippen LogP contribution in [0, 0.1) is 23.2 Å². The van der Waals surface area contributed by atoms with Gasteiger partial charge in [0.05, 0.1) is 11.1 Å². The number of carbonyl (C=O) groups is 1. The molecule has 4 aliphatic rings. The van der Waals surface area contributed by atoms with Crippen LogP contribution in [0.2, 0.25) is 0 Å². The zero-order chi connectivity index (χ0) is 16.9. The highest BCUT2D eigenvalue weighted by Gasteiger charge is 2.56. The molecule has 3 nitrogen and oxygen atoms in total. The van der Waals surface area contributed by atoms with Crippen molar-refractivity contribution in [1.82, 2.24) is 4.98 Å². The van der Waals surface area contributed by atoms with E-state index in [0.29, 0.717) is 0 Å². The fourth-order valence-electron chi connectivity index (χ4n) is 6.03. The molecule has 1 aromatic heterocycles. The van der Waals surface area contributed by atoms with Crippen LogP contribution in [0.3, 0.4) is 0 Å². The summed E-state index contributed by atoms with van der Waals surface area (Å²) in [6.45, 7) is 0. The van der Waals surface area contributed by atoms with Crippen molar-refractivity contribution in [3.05, 3.63) is 54.7 Å². The first-order valence-corrected chi connectivity index (χ1v) is 9.54. The lowest BCUT2D eigenvalue weighted by molar-refractivity contribution is -0.142. The molecule has 1 aromatic carbocycles. The monoisotopic (exact) mass is 332 g/mol. The lowest BCUT2D eigenvalue weighted by atomic mass is 9.49. The van der Waals surface area contributed by atoms with Crippen molar-refractivity contribution in [2.24, 2.45) is 23.2 Å². The van der Waals surface area contributed by atoms with Crippen LogP contribution in [0.15, 0.2) is 54.7 Å². The molecule has 1 amide bonds. The normalized spacial score (nSPS) is 32.6. The van der Waals surface area contributed by atoms with Crippen LogP contribution in [-0.2, 0) is 4.79 Å². The number of carbonyl (C=O) groups excluding carboxylic acids is 1. The summed E-state index contributed by atoms with van der Waals surface area (Å²) >= 11 is 0. The van der Waals surface area contributed by atoms with E-state index in [4.69, 9.17) is 0 Å². The van der Waals surface area contributed by atoms with E-state index in [1.807, 2.05) is 53.4 Å². The van der Waals surface area contributed by atoms with E-state index >= 15 is 0 Å². The summed E-state index contributed by atoms with van der Waals surface area (Å²) in [7, 11) is 0. The zero-order valence-corrected chi connectivity index (χ0v) is 14.5. The third-order valence-electron chi connectivity index (χ3n) is 6.59. The van der Waals surface area contributed by atoms with Crippen molar-refractivity contribution in [2.75, 3.05) is 4.90 Å². The zero-order valence-electron chi connectivity index (χ0n) is 14.5. The summed E-state index contributed by atoms with van der Waals surface area (Å²) < 4.78 is 0. The second kappa shape index (κ2) is 5.69. The quantitative estimate of drug-likeness (QED) is 0.795. The van der Waals surface area contributed by atoms with Crippen LogP contribution < -0.4 is 4.90 Å². The second-order valence-corrected chi connectivity index (χ2v) is 8.36. The Morgan fingerprint density at radius 3 is 2.04 bits per heavy atom. The first kappa shape index (κ1) is 15.1. The predicted octanol–water partition coefficient (Wildman–Crippen LogP) is 4.96. The second-order valence-electron chi connectivity index (χ2n) is 8.36. The van der Waals surface area contributed by atoms with Gasteiger partial charge in [0, 0.05) is 6.20 Å². The van der Waals surface area contributed by atoms with Crippen LogP contribution in [-0.4, -0.2) is 10.9 Å². The minimum atomic E-state index is -0.165. The van der Waals surface area contributed by atoms with Gasteiger partial charge in [-0.15, -0.1) is 0 Å². The number of pyridine rings is 1. The van der Waals surface area contributed by atoms with E-state index in [1.54, 1.807) is 6.20 Å². The van der Waals surface area contributed by atoms with Crippen molar-refractivity contribution < 1.29 is 4.79 Å². The smallest absolute Gasteiger partial charge is 0.238 e. The molecule has 0 radical (unpaired) electrons. The molecule has 4 saturated carbocycles. The maximum absolute atomic E-state index is 13.9. The third-order valence-corrected chi connectivity index (χ3v) is 6.59. The van der Waals surface area contributed by atoms with Gasteiger partial charge in [0.2, 0.25) is 5.91 Å². The van der Waals surface area contributed by atoms with Crippen LogP contribution in [0.25, 0.3) is 0 Å². The average molecular weight is 332 g/mol. The number of hydrogen-bond donors (Lipinski definition) is 0. The molecule has 4 aliphatic carbocycles. The number of para-hydroxylation sites is 1. The Morgan fingerprint density at radius 2 is 1.48 bits per heavy atom. The summed E-state index contributed by atoms with van der Waals surface area (Å²) in [5.74, 6) is 3.30. The van der Waals surface area contributed by atoms with E-state index in [-0.39, 0.29) is 11.3 Å². The molecule has 0 spiro atoms. The van der Waals surface area contributed by atoms with Gasteiger partial charge in [-0.1, -0.05) is 24.3 Å². The molecule has 0 N–H and O–H groups in total. The first-order chi connectivity index (χ1) is 12.2. The van der Waals surface area contributed by atoms with E-state index in [2.05, 4.69) is 4.98 Å². The number of anilines is 2. The van der Waals surface area contributed by atoms with Crippen molar-refractivity contribution in [3.8, 4) is 0 Å². The fraction of sp³-hybridized carbons (Fsp3) is 0.455. The molecule has 128 valence electrons. The van der Waals surface area contributed by atoms with Crippen molar-refractivity contribution >= 4 is 17.4 Å². The predicted molar refractivity (Wildman–Crippen MR) is 98.4 cm³/mol. The molecule has 1 heterocycles. The lowest BCUT2D eigenvalue weighted by Crippen LogP contribution is -2.54. The summed E-state index contributed by atoms with van der Waals surface area (Å²) in [5, 5.41) is 0. The number of amides is 1. The molecule has 0 unspecified atom stereocenters. The molecule has 4 fully saturated rings. The number of rotatable bonds is 3. The summed E-state index contributed by atoms with van der Waals surface area (Å²) in [4.78, 5) is 20.3. The summed E-state index contributed by atoms with van der Waals surface area (Å²) in [5.41, 5.74) is 0.768. The van der Waals surface area contributed by atoms with Crippen LogP contribution >= 0.6 is 0 Å². The van der Waals surface area contributed by atoms with E-state index in [1.165, 1.54) is 19.3 Å². The highest BCUT2D eigenvalue weighted by atomic mass is 16.2. The number of aromatic nitrogens is 1. The van der Waals surface area contributed by atoms with Gasteiger partial charge < -0.3 is 0 Å². The summed E-state index contributed by atoms with van der Waals surface area (Å²) in [6, 6.07) is 15.9. The molecule has 2 aromatic rings. The van der Waals surface area contributed by atoms with Gasteiger partial charge in [-0.25, -0.2) is 4.98 Å². The third kappa shape index (κ3) is 2.48. The first-order valence-electron chi connectivity index (χ1n) is 9.54. The van der Waals surface area contributed by atoms with Gasteiger partial charge in [-0.2, -0.15) is 0 Å². The van der Waals surface area contributed by atoms with E-state index in [0.717, 1.165) is 48.5 Å². The summed E-state index contributed by atoms with van der Waals surface area (Å²) in [6.07, 6.45) is 9.05. The SMILES string of the molecule is O=C(N(c1ccccc1)c1ccccn1)C12CC3CC(CC(C3)C1)C2. The molecule has 25 heavy (non-hydrogen) atoms. The van der Waals surface area contributed by atoms with Crippen molar-refractivity contribution in [2.45, 2.75) is 38.5 Å². The largest absolute Gasteiger partial charge is 0.273 e. The maximum Gasteiger partial charge on any atom is 0.238 e. The Hall–Kier alpha value is -2.16. The fourth-order valence-corrected chi connectivity index (χ4v) is 6.03. The topological polar surface area (TPSA) is 33.2 Å². The molecule has 4 bridgehead atoms. The molecular formula is C22H24N2O. The molecule has 0 saturated heterocycles. The number of hydrogen-bond acceptors (Lipinski definition) is 2. The Balaban J connectivity index is 1.57. The Kier molecular flexibility index (Phi) is 3.44. The van der Waals surface area contributed by atoms with Crippen molar-refractivity contribution in [1.29, 1.82) is 0 Å². The van der Waals surface area contributed by atoms with E-state index in [9.17, 15) is 4.79 Å². The van der Waals surface area contributed by atoms with Crippen LogP contribution in [0.5, 0.6) is 0 Å². The van der Waals surface area contributed by atoms with Gasteiger partial charge in [0.15, 0.2) is 0 Å². The van der Waals surface area contributed by atoms with Gasteiger partial charge in [-0.3, -0.25) is 9.69 Å². The Labute approximate surface area is 149 Å². The Morgan fingerprint density at radius 1 is 0.880 bits per heavy atom. The molecule has 6 rings (SSSR count). The minimum Gasteiger partial charge on any atom is -0.273 e. The molecule has 0 aliphatic heterocycles. The van der Waals surface area contributed by atoms with E-state index < -0.39 is 0 Å². The maximum atomic E-state index is 13.9. The van der Waals surface area contributed by atoms with Crippen LogP contribution in [0.4, 0.5) is 11.5 Å². The number of nitrogens with zero attached hydrogens (tertiary/aromatic N) is 2. The van der Waals surface area contributed by atoms with Gasteiger partial charge in [0.1, 0.15) is 5.82 Å². The molecule has 3 heteroatoms. The average Bonchev–Trinajstić information content (AvgIpc) is 2.63. The molecular weight excluding hydrogens is 308 g/mol. The van der Waals surface area contributed by atoms with Gasteiger partial charge in [-0.05, 0) is 80.5 Å². The highest BCUT2D eigenvalue weighted by molar-refractivity contribution is 6.03. The number of benzene rings is 1. The van der Waals surface area contributed by atoms with Crippen molar-refractivity contribution in [3.63, 3.8) is 0 Å². The highest BCUT2D eigenvalue weighted by Crippen LogP contribution is 2.61. The van der Waals surface area contributed by atoms with Gasteiger partial charge in [0.25, 0.3) is 0 Å².